The summed E-state index contributed by atoms with van der Waals surface area (Å²) in [7, 11) is 0. The molecule has 1 aromatic heterocycles. The molecule has 4 rings (SSSR count). The van der Waals surface area contributed by atoms with Gasteiger partial charge in [-0.2, -0.15) is 0 Å². The van der Waals surface area contributed by atoms with Gasteiger partial charge in [-0.1, -0.05) is 80.4 Å². The zero-order valence-electron chi connectivity index (χ0n) is 32.5. The van der Waals surface area contributed by atoms with Crippen molar-refractivity contribution >= 4 is 35.4 Å². The number of carbonyl (C=O) groups excluding carboxylic acids is 3. The Labute approximate surface area is 319 Å². The van der Waals surface area contributed by atoms with E-state index in [-0.39, 0.29) is 36.7 Å². The molecule has 2 aromatic carbocycles. The van der Waals surface area contributed by atoms with Crippen LogP contribution in [0.25, 0.3) is 22.5 Å². The summed E-state index contributed by atoms with van der Waals surface area (Å²) in [6.45, 7) is 17.3. The lowest BCUT2D eigenvalue weighted by molar-refractivity contribution is -0.129. The van der Waals surface area contributed by atoms with E-state index < -0.39 is 11.0 Å². The van der Waals surface area contributed by atoms with Crippen molar-refractivity contribution in [1.29, 1.82) is 0 Å². The van der Waals surface area contributed by atoms with Gasteiger partial charge in [-0.15, -0.1) is 5.10 Å². The van der Waals surface area contributed by atoms with Gasteiger partial charge in [0, 0.05) is 61.4 Å². The summed E-state index contributed by atoms with van der Waals surface area (Å²) in [6.07, 6.45) is 2.22. The Morgan fingerprint density at radius 2 is 1.66 bits per heavy atom. The maximum Gasteiger partial charge on any atom is 0.235 e. The van der Waals surface area contributed by atoms with Crippen molar-refractivity contribution in [3.8, 4) is 22.5 Å². The molecule has 3 amide bonds. The third-order valence-corrected chi connectivity index (χ3v) is 9.80. The van der Waals surface area contributed by atoms with Crippen LogP contribution >= 0.6 is 11.9 Å². The first kappa shape index (κ1) is 42.0. The fraction of sp³-hybridized carbons (Fsp3) is 0.575. The molecule has 0 bridgehead atoms. The van der Waals surface area contributed by atoms with Crippen molar-refractivity contribution in [3.05, 3.63) is 54.1 Å². The molecule has 12 nitrogen and oxygen atoms in total. The third-order valence-electron chi connectivity index (χ3n) is 9.18. The van der Waals surface area contributed by atoms with Crippen molar-refractivity contribution in [3.63, 3.8) is 0 Å². The molecule has 0 radical (unpaired) electrons. The average molecular weight is 751 g/mol. The molecule has 0 fully saturated rings. The molecule has 53 heavy (non-hydrogen) atoms. The lowest BCUT2D eigenvalue weighted by Gasteiger charge is -2.29. The largest absolute Gasteiger partial charge is 0.379 e. The van der Waals surface area contributed by atoms with Gasteiger partial charge in [-0.05, 0) is 58.6 Å². The van der Waals surface area contributed by atoms with Crippen LogP contribution in [0.2, 0.25) is 0 Å². The number of hydrogen-bond donors (Lipinski definition) is 2. The van der Waals surface area contributed by atoms with Gasteiger partial charge >= 0.3 is 0 Å². The Kier molecular flexibility index (Phi) is 15.9. The maximum atomic E-state index is 13.9. The van der Waals surface area contributed by atoms with E-state index in [4.69, 9.17) is 14.2 Å². The van der Waals surface area contributed by atoms with E-state index >= 15 is 0 Å². The highest BCUT2D eigenvalue weighted by molar-refractivity contribution is 7.97. The van der Waals surface area contributed by atoms with Crippen LogP contribution < -0.4 is 14.9 Å². The number of nitrogens with one attached hydrogen (secondary N) is 2. The number of rotatable bonds is 21. The first-order chi connectivity index (χ1) is 25.3. The number of carbonyl (C=O) groups is 3. The van der Waals surface area contributed by atoms with E-state index in [0.29, 0.717) is 64.6 Å². The second-order valence-corrected chi connectivity index (χ2v) is 15.8. The maximum absolute atomic E-state index is 13.9. The molecule has 3 aromatic rings. The van der Waals surface area contributed by atoms with Crippen molar-refractivity contribution < 1.29 is 28.6 Å². The highest BCUT2D eigenvalue weighted by atomic mass is 32.2. The van der Waals surface area contributed by atoms with Gasteiger partial charge in [0.2, 0.25) is 17.7 Å². The minimum Gasteiger partial charge on any atom is -0.379 e. The third kappa shape index (κ3) is 12.4. The summed E-state index contributed by atoms with van der Waals surface area (Å²) in [6, 6.07) is 15.8. The molecular formula is C40H58N6O6S. The minimum atomic E-state index is -0.548. The number of aryl methyl sites for hydroxylation is 1. The topological polar surface area (TPSA) is 137 Å². The standard InChI is InChI=1S/C40H58N6O6S/c1-8-53-43-38(49)39(4,5)21-25-52-40(6,7)20-22-41-34(47)18-19-35(48)45-28-30-14-9-10-15-31(30)37-36(32-16-11-12-17-33(32)45)42-44-46(37)23-13-24-50-26-27-51-29(2)3/h9-12,14-17,29H,8,13,18-28H2,1-7H3,(H,41,47)(H,43,49). The zero-order valence-corrected chi connectivity index (χ0v) is 33.4. The highest BCUT2D eigenvalue weighted by Crippen LogP contribution is 2.41. The van der Waals surface area contributed by atoms with Gasteiger partial charge in [0.1, 0.15) is 5.69 Å². The number of ether oxygens (including phenoxy) is 3. The summed E-state index contributed by atoms with van der Waals surface area (Å²) in [5.74, 6) is 0.461. The quantitative estimate of drug-likeness (QED) is 0.0915. The number of amides is 3. The SMILES string of the molecule is CCSNC(=O)C(C)(C)CCOC(C)(C)CCNC(=O)CCC(=O)N1Cc2ccccc2-c2c(nnn2CCCOCCOC(C)C)-c2ccccc21. The van der Waals surface area contributed by atoms with E-state index in [1.54, 1.807) is 4.90 Å². The molecule has 290 valence electrons. The van der Waals surface area contributed by atoms with Crippen LogP contribution in [0, 0.1) is 5.41 Å². The van der Waals surface area contributed by atoms with E-state index in [1.165, 1.54) is 11.9 Å². The van der Waals surface area contributed by atoms with Gasteiger partial charge in [0.15, 0.2) is 0 Å². The smallest absolute Gasteiger partial charge is 0.235 e. The molecule has 1 aliphatic heterocycles. The molecule has 2 N–H and O–H groups in total. The molecule has 0 saturated carbocycles. The fourth-order valence-electron chi connectivity index (χ4n) is 5.95. The molecular weight excluding hydrogens is 693 g/mol. The van der Waals surface area contributed by atoms with Crippen molar-refractivity contribution in [2.75, 3.05) is 43.6 Å². The summed E-state index contributed by atoms with van der Waals surface area (Å²) < 4.78 is 22.3. The molecule has 2 heterocycles. The molecule has 0 atom stereocenters. The summed E-state index contributed by atoms with van der Waals surface area (Å²) in [4.78, 5) is 41.0. The lowest BCUT2D eigenvalue weighted by atomic mass is 9.89. The van der Waals surface area contributed by atoms with Crippen LogP contribution in [0.15, 0.2) is 48.5 Å². The van der Waals surface area contributed by atoms with Crippen LogP contribution in [0.4, 0.5) is 5.69 Å². The molecule has 0 unspecified atom stereocenters. The second kappa shape index (κ2) is 20.1. The van der Waals surface area contributed by atoms with Gasteiger partial charge in [0.25, 0.3) is 0 Å². The van der Waals surface area contributed by atoms with E-state index in [2.05, 4.69) is 20.4 Å². The van der Waals surface area contributed by atoms with Crippen LogP contribution in [0.5, 0.6) is 0 Å². The molecule has 1 aliphatic rings. The van der Waals surface area contributed by atoms with Crippen LogP contribution in [-0.4, -0.2) is 83.1 Å². The van der Waals surface area contributed by atoms with Crippen molar-refractivity contribution in [2.24, 2.45) is 5.41 Å². The number of aromatic nitrogens is 3. The number of nitrogens with zero attached hydrogens (tertiary/aromatic N) is 4. The van der Waals surface area contributed by atoms with Crippen molar-refractivity contribution in [1.82, 2.24) is 25.0 Å². The Morgan fingerprint density at radius 3 is 2.42 bits per heavy atom. The number of fused-ring (bicyclic) bond motifs is 5. The van der Waals surface area contributed by atoms with Gasteiger partial charge in [0.05, 0.1) is 42.8 Å². The summed E-state index contributed by atoms with van der Waals surface area (Å²) in [5.41, 5.74) is 4.07. The van der Waals surface area contributed by atoms with Gasteiger partial charge in [-0.25, -0.2) is 4.68 Å². The van der Waals surface area contributed by atoms with Gasteiger partial charge < -0.3 is 24.4 Å². The summed E-state index contributed by atoms with van der Waals surface area (Å²) in [5, 5.41) is 12.2. The minimum absolute atomic E-state index is 0.00915. The van der Waals surface area contributed by atoms with Crippen molar-refractivity contribution in [2.45, 2.75) is 105 Å². The lowest BCUT2D eigenvalue weighted by Crippen LogP contribution is -2.37. The molecule has 0 spiro atoms. The zero-order chi connectivity index (χ0) is 38.4. The predicted octanol–water partition coefficient (Wildman–Crippen LogP) is 6.57. The van der Waals surface area contributed by atoms with E-state index in [9.17, 15) is 14.4 Å². The second-order valence-electron chi connectivity index (χ2n) is 14.8. The predicted molar refractivity (Wildman–Crippen MR) is 210 cm³/mol. The Hall–Kier alpha value is -3.78. The summed E-state index contributed by atoms with van der Waals surface area (Å²) >= 11 is 1.39. The number of hydrogen-bond acceptors (Lipinski definition) is 9. The molecule has 0 saturated heterocycles. The van der Waals surface area contributed by atoms with E-state index in [0.717, 1.165) is 40.2 Å². The normalized spacial score (nSPS) is 12.8. The number of para-hydroxylation sites is 1. The first-order valence-electron chi connectivity index (χ1n) is 18.8. The van der Waals surface area contributed by atoms with Crippen LogP contribution in [0.3, 0.4) is 0 Å². The van der Waals surface area contributed by atoms with Crippen LogP contribution in [0.1, 0.15) is 86.1 Å². The average Bonchev–Trinajstić information content (AvgIpc) is 3.53. The Bertz CT molecular complexity index is 1660. The fourth-order valence-corrected chi connectivity index (χ4v) is 6.50. The van der Waals surface area contributed by atoms with E-state index in [1.807, 2.05) is 102 Å². The Morgan fingerprint density at radius 1 is 0.925 bits per heavy atom. The Balaban J connectivity index is 1.35. The molecule has 0 aliphatic carbocycles. The van der Waals surface area contributed by atoms with Gasteiger partial charge in [-0.3, -0.25) is 19.1 Å². The molecule has 13 heteroatoms. The monoisotopic (exact) mass is 750 g/mol. The number of anilines is 1. The number of benzene rings is 2. The first-order valence-corrected chi connectivity index (χ1v) is 19.8. The highest BCUT2D eigenvalue weighted by Gasteiger charge is 2.30. The van der Waals surface area contributed by atoms with Crippen LogP contribution in [-0.2, 0) is 41.7 Å².